The molecule has 1 aliphatic carbocycles. The van der Waals surface area contributed by atoms with Crippen LogP contribution in [-0.2, 0) is 4.74 Å². The fourth-order valence-corrected chi connectivity index (χ4v) is 3.42. The lowest BCUT2D eigenvalue weighted by atomic mass is 9.79. The van der Waals surface area contributed by atoms with Crippen LogP contribution in [0.1, 0.15) is 39.0 Å². The number of aliphatic hydroxyl groups excluding tert-OH is 1. The van der Waals surface area contributed by atoms with E-state index in [-0.39, 0.29) is 5.54 Å². The molecule has 0 amide bonds. The number of aliphatic hydroxyl groups is 1. The molecular formula is C14H28N2O2. The number of hydrogen-bond donors (Lipinski definition) is 3. The van der Waals surface area contributed by atoms with Gasteiger partial charge in [-0.1, -0.05) is 12.8 Å². The number of ether oxygens (including phenoxy) is 1. The molecule has 106 valence electrons. The monoisotopic (exact) mass is 256 g/mol. The molecule has 4 atom stereocenters. The highest BCUT2D eigenvalue weighted by molar-refractivity contribution is 4.97. The van der Waals surface area contributed by atoms with Crippen molar-refractivity contribution in [3.63, 3.8) is 0 Å². The summed E-state index contributed by atoms with van der Waals surface area (Å²) in [6.45, 7) is 4.82. The molecule has 4 heteroatoms. The average Bonchev–Trinajstić information content (AvgIpc) is 2.94. The van der Waals surface area contributed by atoms with E-state index in [1.807, 2.05) is 0 Å². The van der Waals surface area contributed by atoms with Gasteiger partial charge < -0.3 is 20.9 Å². The summed E-state index contributed by atoms with van der Waals surface area (Å²) in [7, 11) is 0. The third-order valence-corrected chi connectivity index (χ3v) is 4.91. The predicted octanol–water partition coefficient (Wildman–Crippen LogP) is 0.881. The highest BCUT2D eigenvalue weighted by atomic mass is 16.5. The largest absolute Gasteiger partial charge is 0.396 e. The van der Waals surface area contributed by atoms with Crippen LogP contribution in [-0.4, -0.2) is 43.1 Å². The van der Waals surface area contributed by atoms with E-state index in [0.717, 1.165) is 32.5 Å². The summed E-state index contributed by atoms with van der Waals surface area (Å²) >= 11 is 0. The third-order valence-electron chi connectivity index (χ3n) is 4.91. The molecule has 0 aromatic rings. The molecule has 1 saturated heterocycles. The highest BCUT2D eigenvalue weighted by Gasteiger charge is 2.39. The van der Waals surface area contributed by atoms with Gasteiger partial charge in [0, 0.05) is 37.3 Å². The Labute approximate surface area is 110 Å². The van der Waals surface area contributed by atoms with Crippen LogP contribution in [0.2, 0.25) is 0 Å². The van der Waals surface area contributed by atoms with Crippen molar-refractivity contribution in [2.75, 3.05) is 26.4 Å². The quantitative estimate of drug-likeness (QED) is 0.683. The standard InChI is InChI=1S/C14H28N2O2/c1-14(10-15,12-6-7-18-9-12)16-13-5-3-2-4-11(13)8-17/h11-13,16-17H,2-10,15H2,1H3. The minimum atomic E-state index is -0.0497. The van der Waals surface area contributed by atoms with Crippen LogP contribution < -0.4 is 11.1 Å². The molecule has 1 heterocycles. The summed E-state index contributed by atoms with van der Waals surface area (Å²) in [5.41, 5.74) is 5.96. The van der Waals surface area contributed by atoms with Gasteiger partial charge in [-0.3, -0.25) is 0 Å². The number of nitrogens with one attached hydrogen (secondary N) is 1. The van der Waals surface area contributed by atoms with Gasteiger partial charge in [0.25, 0.3) is 0 Å². The van der Waals surface area contributed by atoms with E-state index >= 15 is 0 Å². The molecule has 2 fully saturated rings. The summed E-state index contributed by atoms with van der Waals surface area (Å²) < 4.78 is 5.50. The Hall–Kier alpha value is -0.160. The second-order valence-electron chi connectivity index (χ2n) is 6.16. The molecule has 4 unspecified atom stereocenters. The molecule has 0 spiro atoms. The first kappa shape index (κ1) is 14.3. The predicted molar refractivity (Wildman–Crippen MR) is 72.4 cm³/mol. The van der Waals surface area contributed by atoms with E-state index in [1.54, 1.807) is 0 Å². The Balaban J connectivity index is 1.99. The molecule has 0 bridgehead atoms. The Morgan fingerprint density at radius 3 is 2.72 bits per heavy atom. The molecule has 4 N–H and O–H groups in total. The van der Waals surface area contributed by atoms with E-state index < -0.39 is 0 Å². The van der Waals surface area contributed by atoms with Crippen LogP contribution in [0.3, 0.4) is 0 Å². The van der Waals surface area contributed by atoms with Crippen LogP contribution in [0.25, 0.3) is 0 Å². The fourth-order valence-electron chi connectivity index (χ4n) is 3.42. The van der Waals surface area contributed by atoms with E-state index in [9.17, 15) is 5.11 Å². The van der Waals surface area contributed by atoms with Crippen molar-refractivity contribution >= 4 is 0 Å². The minimum absolute atomic E-state index is 0.0497. The first-order chi connectivity index (χ1) is 8.69. The summed E-state index contributed by atoms with van der Waals surface area (Å²) in [5, 5.41) is 13.3. The Morgan fingerprint density at radius 2 is 2.11 bits per heavy atom. The van der Waals surface area contributed by atoms with Crippen LogP contribution in [0.5, 0.6) is 0 Å². The number of hydrogen-bond acceptors (Lipinski definition) is 4. The fraction of sp³-hybridized carbons (Fsp3) is 1.00. The van der Waals surface area contributed by atoms with Crippen molar-refractivity contribution in [1.82, 2.24) is 5.32 Å². The molecular weight excluding hydrogens is 228 g/mol. The Morgan fingerprint density at radius 1 is 1.33 bits per heavy atom. The van der Waals surface area contributed by atoms with Gasteiger partial charge in [-0.2, -0.15) is 0 Å². The maximum absolute atomic E-state index is 9.50. The van der Waals surface area contributed by atoms with Gasteiger partial charge in [0.1, 0.15) is 0 Å². The molecule has 2 aliphatic rings. The zero-order valence-corrected chi connectivity index (χ0v) is 11.5. The topological polar surface area (TPSA) is 67.5 Å². The van der Waals surface area contributed by atoms with Crippen molar-refractivity contribution in [2.24, 2.45) is 17.6 Å². The molecule has 0 aromatic carbocycles. The smallest absolute Gasteiger partial charge is 0.0513 e. The summed E-state index contributed by atoms with van der Waals surface area (Å²) in [4.78, 5) is 0. The Bertz CT molecular complexity index is 256. The SMILES string of the molecule is CC(CN)(NC1CCCCC1CO)C1CCOC1. The van der Waals surface area contributed by atoms with Crippen molar-refractivity contribution in [3.8, 4) is 0 Å². The molecule has 1 aliphatic heterocycles. The third kappa shape index (κ3) is 3.05. The van der Waals surface area contributed by atoms with Gasteiger partial charge in [-0.05, 0) is 32.1 Å². The average molecular weight is 256 g/mol. The second kappa shape index (κ2) is 6.33. The van der Waals surface area contributed by atoms with E-state index in [0.29, 0.717) is 31.0 Å². The lowest BCUT2D eigenvalue weighted by Crippen LogP contribution is -2.60. The number of nitrogens with two attached hydrogens (primary N) is 1. The van der Waals surface area contributed by atoms with Gasteiger partial charge in [-0.15, -0.1) is 0 Å². The Kier molecular flexibility index (Phi) is 5.01. The molecule has 18 heavy (non-hydrogen) atoms. The molecule has 0 radical (unpaired) electrons. The molecule has 0 aromatic heterocycles. The van der Waals surface area contributed by atoms with Gasteiger partial charge in [-0.25, -0.2) is 0 Å². The molecule has 2 rings (SSSR count). The van der Waals surface area contributed by atoms with Crippen molar-refractivity contribution in [1.29, 1.82) is 0 Å². The van der Waals surface area contributed by atoms with E-state index in [2.05, 4.69) is 12.2 Å². The first-order valence-electron chi connectivity index (χ1n) is 7.36. The number of rotatable bonds is 5. The normalized spacial score (nSPS) is 36.5. The zero-order chi connectivity index (χ0) is 13.0. The summed E-state index contributed by atoms with van der Waals surface area (Å²) in [5.74, 6) is 0.899. The minimum Gasteiger partial charge on any atom is -0.396 e. The second-order valence-corrected chi connectivity index (χ2v) is 6.16. The van der Waals surface area contributed by atoms with Crippen molar-refractivity contribution < 1.29 is 9.84 Å². The van der Waals surface area contributed by atoms with Crippen LogP contribution in [0, 0.1) is 11.8 Å². The van der Waals surface area contributed by atoms with Gasteiger partial charge in [0.05, 0.1) is 6.61 Å². The van der Waals surface area contributed by atoms with Crippen molar-refractivity contribution in [3.05, 3.63) is 0 Å². The lowest BCUT2D eigenvalue weighted by molar-refractivity contribution is 0.102. The maximum atomic E-state index is 9.50. The highest BCUT2D eigenvalue weighted by Crippen LogP contribution is 2.30. The maximum Gasteiger partial charge on any atom is 0.0513 e. The van der Waals surface area contributed by atoms with E-state index in [4.69, 9.17) is 10.5 Å². The van der Waals surface area contributed by atoms with Crippen molar-refractivity contribution in [2.45, 2.75) is 50.6 Å². The zero-order valence-electron chi connectivity index (χ0n) is 11.5. The van der Waals surface area contributed by atoms with Gasteiger partial charge >= 0.3 is 0 Å². The van der Waals surface area contributed by atoms with Gasteiger partial charge in [0.2, 0.25) is 0 Å². The summed E-state index contributed by atoms with van der Waals surface area (Å²) in [6.07, 6.45) is 5.90. The molecule has 1 saturated carbocycles. The van der Waals surface area contributed by atoms with Gasteiger partial charge in [0.15, 0.2) is 0 Å². The summed E-state index contributed by atoms with van der Waals surface area (Å²) in [6, 6.07) is 0.415. The van der Waals surface area contributed by atoms with Crippen LogP contribution >= 0.6 is 0 Å². The first-order valence-corrected chi connectivity index (χ1v) is 7.36. The van der Waals surface area contributed by atoms with E-state index in [1.165, 1.54) is 12.8 Å². The van der Waals surface area contributed by atoms with Crippen LogP contribution in [0.15, 0.2) is 0 Å². The lowest BCUT2D eigenvalue weighted by Gasteiger charge is -2.42. The van der Waals surface area contributed by atoms with Crippen LogP contribution in [0.4, 0.5) is 0 Å². The molecule has 4 nitrogen and oxygen atoms in total.